The van der Waals surface area contributed by atoms with Crippen molar-refractivity contribution in [3.8, 4) is 11.5 Å². The molecule has 2 fully saturated rings. The van der Waals surface area contributed by atoms with Gasteiger partial charge in [0, 0.05) is 42.6 Å². The zero-order chi connectivity index (χ0) is 29.5. The minimum absolute atomic E-state index is 0.0453. The van der Waals surface area contributed by atoms with Crippen LogP contribution >= 0.6 is 0 Å². The van der Waals surface area contributed by atoms with Gasteiger partial charge in [-0.25, -0.2) is 9.18 Å². The predicted molar refractivity (Wildman–Crippen MR) is 159 cm³/mol. The van der Waals surface area contributed by atoms with Crippen LogP contribution in [0.1, 0.15) is 5.56 Å². The van der Waals surface area contributed by atoms with Crippen molar-refractivity contribution in [3.05, 3.63) is 84.3 Å². The first-order valence-electron chi connectivity index (χ1n) is 14.1. The summed E-state index contributed by atoms with van der Waals surface area (Å²) in [7, 11) is 1.61. The van der Waals surface area contributed by atoms with Crippen LogP contribution in [0.5, 0.6) is 11.5 Å². The molecule has 0 aliphatic carbocycles. The van der Waals surface area contributed by atoms with Crippen LogP contribution < -0.4 is 24.6 Å². The van der Waals surface area contributed by atoms with Gasteiger partial charge in [0.15, 0.2) is 6.61 Å². The van der Waals surface area contributed by atoms with Crippen molar-refractivity contribution in [2.45, 2.75) is 18.7 Å². The van der Waals surface area contributed by atoms with Crippen LogP contribution in [0.25, 0.3) is 10.9 Å². The minimum Gasteiger partial charge on any atom is -0.497 e. The number of carbonyl (C=O) groups is 2. The summed E-state index contributed by atoms with van der Waals surface area (Å²) in [5.41, 5.74) is 3.79. The van der Waals surface area contributed by atoms with Crippen LogP contribution in [-0.2, 0) is 16.1 Å². The third-order valence-electron chi connectivity index (χ3n) is 8.05. The maximum absolute atomic E-state index is 13.8. The number of anilines is 3. The molecule has 0 radical (unpaired) electrons. The number of pyridine rings is 1. The Balaban J connectivity index is 0.987. The molecular weight excluding hydrogens is 553 g/mol. The van der Waals surface area contributed by atoms with E-state index in [9.17, 15) is 14.0 Å². The summed E-state index contributed by atoms with van der Waals surface area (Å²) in [6.45, 7) is 2.86. The number of hydrogen-bond acceptors (Lipinski definition) is 8. The van der Waals surface area contributed by atoms with E-state index in [1.165, 1.54) is 12.1 Å². The molecule has 2 amide bonds. The van der Waals surface area contributed by atoms with Gasteiger partial charge in [-0.2, -0.15) is 0 Å². The number of nitrogens with one attached hydrogen (secondary N) is 1. The Kier molecular flexibility index (Phi) is 6.94. The summed E-state index contributed by atoms with van der Waals surface area (Å²) in [4.78, 5) is 35.6. The van der Waals surface area contributed by atoms with Crippen LogP contribution in [0.15, 0.2) is 72.9 Å². The molecule has 0 saturated carbocycles. The van der Waals surface area contributed by atoms with Gasteiger partial charge >= 0.3 is 6.09 Å². The number of rotatable bonds is 8. The lowest BCUT2D eigenvalue weighted by Gasteiger charge is -2.41. The fourth-order valence-electron chi connectivity index (χ4n) is 5.84. The second-order valence-corrected chi connectivity index (χ2v) is 11.0. The monoisotopic (exact) mass is 583 g/mol. The van der Waals surface area contributed by atoms with Crippen LogP contribution in [0.3, 0.4) is 0 Å². The molecular formula is C32H30FN5O5. The zero-order valence-corrected chi connectivity index (χ0v) is 23.5. The molecule has 43 heavy (non-hydrogen) atoms. The summed E-state index contributed by atoms with van der Waals surface area (Å²) in [5.74, 6) is 0.873. The van der Waals surface area contributed by atoms with Crippen LogP contribution in [0, 0.1) is 5.82 Å². The van der Waals surface area contributed by atoms with Crippen molar-refractivity contribution in [2.24, 2.45) is 0 Å². The Morgan fingerprint density at radius 2 is 1.86 bits per heavy atom. The lowest BCUT2D eigenvalue weighted by atomic mass is 10.1. The molecule has 3 aliphatic rings. The number of halogens is 1. The summed E-state index contributed by atoms with van der Waals surface area (Å²) < 4.78 is 30.5. The number of hydrogen-bond donors (Lipinski definition) is 1. The molecule has 4 aromatic rings. The first-order valence-corrected chi connectivity index (χ1v) is 14.1. The Labute approximate surface area is 247 Å². The second kappa shape index (κ2) is 11.1. The van der Waals surface area contributed by atoms with Crippen molar-refractivity contribution in [3.63, 3.8) is 0 Å². The number of fused-ring (bicyclic) bond motifs is 2. The third-order valence-corrected chi connectivity index (χ3v) is 8.05. The number of carbonyl (C=O) groups excluding carboxylic acids is 2. The number of amides is 2. The average Bonchev–Trinajstić information content (AvgIpc) is 3.37. The minimum atomic E-state index is -0.421. The van der Waals surface area contributed by atoms with Gasteiger partial charge in [-0.3, -0.25) is 19.6 Å². The van der Waals surface area contributed by atoms with Crippen molar-refractivity contribution >= 4 is 40.0 Å². The van der Waals surface area contributed by atoms with Gasteiger partial charge in [0.25, 0.3) is 5.91 Å². The van der Waals surface area contributed by atoms with E-state index >= 15 is 0 Å². The molecule has 0 spiro atoms. The number of aromatic nitrogens is 1. The van der Waals surface area contributed by atoms with E-state index in [2.05, 4.69) is 15.2 Å². The highest BCUT2D eigenvalue weighted by molar-refractivity contribution is 5.99. The molecule has 220 valence electrons. The SMILES string of the molecule is COc1ccc(CN2C(=O)COc3ccc(N4CC(CN5CC(Nc6ccnc7ccc(F)cc67)C5)OC4=O)cc32)cc1. The van der Waals surface area contributed by atoms with E-state index < -0.39 is 6.09 Å². The van der Waals surface area contributed by atoms with Gasteiger partial charge in [0.2, 0.25) is 0 Å². The summed E-state index contributed by atoms with van der Waals surface area (Å²) in [6, 6.07) is 19.6. The lowest BCUT2D eigenvalue weighted by molar-refractivity contribution is -0.121. The predicted octanol–water partition coefficient (Wildman–Crippen LogP) is 4.43. The highest BCUT2D eigenvalue weighted by Crippen LogP contribution is 2.38. The van der Waals surface area contributed by atoms with Crippen molar-refractivity contribution in [1.29, 1.82) is 0 Å². The van der Waals surface area contributed by atoms with Gasteiger partial charge in [-0.15, -0.1) is 0 Å². The first kappa shape index (κ1) is 27.0. The molecule has 0 bridgehead atoms. The lowest BCUT2D eigenvalue weighted by Crippen LogP contribution is -2.56. The van der Waals surface area contributed by atoms with E-state index in [-0.39, 0.29) is 30.5 Å². The van der Waals surface area contributed by atoms with Crippen molar-refractivity contribution in [2.75, 3.05) is 55.0 Å². The molecule has 3 aliphatic heterocycles. The van der Waals surface area contributed by atoms with Crippen LogP contribution in [-0.4, -0.2) is 73.9 Å². The van der Waals surface area contributed by atoms with E-state index in [0.29, 0.717) is 36.8 Å². The Morgan fingerprint density at radius 3 is 2.67 bits per heavy atom. The topological polar surface area (TPSA) is 96.5 Å². The Bertz CT molecular complexity index is 1690. The fourth-order valence-corrected chi connectivity index (χ4v) is 5.84. The van der Waals surface area contributed by atoms with Crippen molar-refractivity contribution < 1.29 is 28.2 Å². The maximum Gasteiger partial charge on any atom is 0.414 e. The molecule has 10 nitrogen and oxygen atoms in total. The van der Waals surface area contributed by atoms with Crippen LogP contribution in [0.2, 0.25) is 0 Å². The molecule has 1 aromatic heterocycles. The van der Waals surface area contributed by atoms with Crippen molar-refractivity contribution in [1.82, 2.24) is 9.88 Å². The smallest absolute Gasteiger partial charge is 0.414 e. The average molecular weight is 584 g/mol. The van der Waals surface area contributed by atoms with Gasteiger partial charge in [-0.1, -0.05) is 12.1 Å². The van der Waals surface area contributed by atoms with Gasteiger partial charge in [0.1, 0.15) is 23.4 Å². The molecule has 7 rings (SSSR count). The van der Waals surface area contributed by atoms with Crippen LogP contribution in [0.4, 0.5) is 26.2 Å². The number of methoxy groups -OCH3 is 1. The fraction of sp³-hybridized carbons (Fsp3) is 0.281. The molecule has 4 heterocycles. The van der Waals surface area contributed by atoms with E-state index in [1.54, 1.807) is 35.2 Å². The van der Waals surface area contributed by atoms with E-state index in [4.69, 9.17) is 14.2 Å². The number of ether oxygens (including phenoxy) is 3. The maximum atomic E-state index is 13.8. The van der Waals surface area contributed by atoms with Gasteiger partial charge in [0.05, 0.1) is 37.4 Å². The van der Waals surface area contributed by atoms with E-state index in [1.807, 2.05) is 42.5 Å². The normalized spacial score (nSPS) is 18.7. The summed E-state index contributed by atoms with van der Waals surface area (Å²) >= 11 is 0. The quantitative estimate of drug-likeness (QED) is 0.326. The molecule has 11 heteroatoms. The Hall–Kier alpha value is -4.90. The van der Waals surface area contributed by atoms with E-state index in [0.717, 1.165) is 41.0 Å². The highest BCUT2D eigenvalue weighted by atomic mass is 19.1. The molecule has 1 atom stereocenters. The molecule has 2 saturated heterocycles. The Morgan fingerprint density at radius 1 is 1.02 bits per heavy atom. The standard InChI is InChI=1S/C32H30FN5O5/c1-41-24-6-2-20(3-7-24)14-38-29-13-23(5-9-30(29)42-19-31(38)39)37-18-25(43-32(37)40)17-36-15-22(16-36)35-28-10-11-34-27-8-4-21(33)12-26(27)28/h2-13,22,25H,14-19H2,1H3,(H,34,35). The van der Waals surface area contributed by atoms with Gasteiger partial charge in [-0.05, 0) is 60.2 Å². The van der Waals surface area contributed by atoms with Gasteiger partial charge < -0.3 is 24.4 Å². The number of cyclic esters (lactones) is 1. The highest BCUT2D eigenvalue weighted by Gasteiger charge is 2.37. The molecule has 1 unspecified atom stereocenters. The third kappa shape index (κ3) is 5.39. The molecule has 1 N–H and O–H groups in total. The number of likely N-dealkylation sites (tertiary alicyclic amines) is 1. The summed E-state index contributed by atoms with van der Waals surface area (Å²) in [5, 5.41) is 4.24. The number of benzene rings is 3. The largest absolute Gasteiger partial charge is 0.497 e. The molecule has 3 aromatic carbocycles. The first-order chi connectivity index (χ1) is 20.9. The summed E-state index contributed by atoms with van der Waals surface area (Å²) in [6.07, 6.45) is 0.996. The zero-order valence-electron chi connectivity index (χ0n) is 23.5. The second-order valence-electron chi connectivity index (χ2n) is 11.0. The number of nitrogens with zero attached hydrogens (tertiary/aromatic N) is 4.